The minimum Gasteiger partial charge on any atom is -0.353 e. The Kier molecular flexibility index (Phi) is 5.05. The summed E-state index contributed by atoms with van der Waals surface area (Å²) in [7, 11) is 1.98. The fourth-order valence-electron chi connectivity index (χ4n) is 1.84. The second kappa shape index (κ2) is 6.08. The Morgan fingerprint density at radius 1 is 1.60 bits per heavy atom. The number of likely N-dealkylation sites (N-methyl/N-ethyl adjacent to an activating group) is 1. The van der Waals surface area contributed by atoms with Gasteiger partial charge in [0.2, 0.25) is 5.91 Å². The van der Waals surface area contributed by atoms with E-state index in [9.17, 15) is 4.79 Å². The number of carbonyl (C=O) groups is 1. The Hall–Kier alpha value is -0.610. The topological polar surface area (TPSA) is 44.4 Å². The highest BCUT2D eigenvalue weighted by Gasteiger charge is 2.22. The smallest absolute Gasteiger partial charge is 0.234 e. The van der Waals surface area contributed by atoms with Crippen LogP contribution in [0, 0.1) is 0 Å². The number of rotatable bonds is 5. The van der Waals surface area contributed by atoms with Crippen molar-refractivity contribution in [1.82, 2.24) is 15.5 Å². The number of nitrogens with one attached hydrogen (secondary N) is 2. The number of likely N-dealkylation sites (tertiary alicyclic amines) is 1. The quantitative estimate of drug-likeness (QED) is 0.685. The van der Waals surface area contributed by atoms with E-state index >= 15 is 0 Å². The van der Waals surface area contributed by atoms with E-state index in [4.69, 9.17) is 0 Å². The van der Waals surface area contributed by atoms with Crippen molar-refractivity contribution in [3.05, 3.63) is 0 Å². The lowest BCUT2D eigenvalue weighted by Gasteiger charge is -2.17. The first-order valence-electron chi connectivity index (χ1n) is 5.84. The maximum atomic E-state index is 11.6. The Bertz CT molecular complexity index is 208. The molecular weight excluding hydrogens is 190 g/mol. The average Bonchev–Trinajstić information content (AvgIpc) is 2.65. The minimum atomic E-state index is 0.154. The molecule has 2 atom stereocenters. The van der Waals surface area contributed by atoms with Crippen molar-refractivity contribution in [1.29, 1.82) is 0 Å². The van der Waals surface area contributed by atoms with Crippen LogP contribution in [-0.4, -0.2) is 49.6 Å². The van der Waals surface area contributed by atoms with Crippen LogP contribution >= 0.6 is 0 Å². The lowest BCUT2D eigenvalue weighted by atomic mass is 10.2. The molecule has 0 spiro atoms. The van der Waals surface area contributed by atoms with Crippen LogP contribution in [0.5, 0.6) is 0 Å². The van der Waals surface area contributed by atoms with Crippen LogP contribution in [0.1, 0.15) is 26.7 Å². The van der Waals surface area contributed by atoms with Gasteiger partial charge in [-0.2, -0.15) is 0 Å². The van der Waals surface area contributed by atoms with Gasteiger partial charge in [0.05, 0.1) is 6.54 Å². The molecule has 1 saturated heterocycles. The Balaban J connectivity index is 2.21. The van der Waals surface area contributed by atoms with Crippen LogP contribution in [0.25, 0.3) is 0 Å². The predicted molar refractivity (Wildman–Crippen MR) is 61.8 cm³/mol. The molecule has 0 aromatic carbocycles. The van der Waals surface area contributed by atoms with E-state index in [-0.39, 0.29) is 5.91 Å². The molecular formula is C11H23N3O. The molecule has 0 bridgehead atoms. The summed E-state index contributed by atoms with van der Waals surface area (Å²) in [6.07, 6.45) is 2.14. The molecule has 1 heterocycles. The van der Waals surface area contributed by atoms with Crippen LogP contribution in [-0.2, 0) is 4.79 Å². The van der Waals surface area contributed by atoms with E-state index in [1.807, 2.05) is 14.0 Å². The summed E-state index contributed by atoms with van der Waals surface area (Å²) < 4.78 is 0. The van der Waals surface area contributed by atoms with Gasteiger partial charge in [-0.15, -0.1) is 0 Å². The monoisotopic (exact) mass is 213 g/mol. The van der Waals surface area contributed by atoms with Crippen LogP contribution < -0.4 is 10.6 Å². The highest BCUT2D eigenvalue weighted by atomic mass is 16.2. The molecule has 0 radical (unpaired) electrons. The van der Waals surface area contributed by atoms with Gasteiger partial charge in [-0.1, -0.05) is 6.92 Å². The first-order chi connectivity index (χ1) is 7.15. The number of nitrogens with zero attached hydrogens (tertiary/aromatic N) is 1. The third-order valence-electron chi connectivity index (χ3n) is 3.07. The maximum absolute atomic E-state index is 11.6. The standard InChI is InChI=1S/C11H23N3O/c1-4-9(2)13-11(15)8-14-6-5-10(7-14)12-3/h9-10,12H,4-8H2,1-3H3,(H,13,15). The first kappa shape index (κ1) is 12.5. The molecule has 2 unspecified atom stereocenters. The summed E-state index contributed by atoms with van der Waals surface area (Å²) in [6.45, 7) is 6.68. The largest absolute Gasteiger partial charge is 0.353 e. The van der Waals surface area contributed by atoms with E-state index in [1.54, 1.807) is 0 Å². The molecule has 0 aromatic rings. The lowest BCUT2D eigenvalue weighted by molar-refractivity contribution is -0.122. The van der Waals surface area contributed by atoms with Gasteiger partial charge in [0, 0.05) is 25.2 Å². The minimum absolute atomic E-state index is 0.154. The van der Waals surface area contributed by atoms with Gasteiger partial charge in [-0.25, -0.2) is 0 Å². The summed E-state index contributed by atoms with van der Waals surface area (Å²) in [5.74, 6) is 0.154. The Labute approximate surface area is 92.4 Å². The molecule has 4 nitrogen and oxygen atoms in total. The van der Waals surface area contributed by atoms with E-state index in [1.165, 1.54) is 0 Å². The van der Waals surface area contributed by atoms with Gasteiger partial charge < -0.3 is 10.6 Å². The van der Waals surface area contributed by atoms with Gasteiger partial charge >= 0.3 is 0 Å². The highest BCUT2D eigenvalue weighted by molar-refractivity contribution is 5.78. The third-order valence-corrected chi connectivity index (χ3v) is 3.07. The fraction of sp³-hybridized carbons (Fsp3) is 0.909. The molecule has 1 rings (SSSR count). The summed E-state index contributed by atoms with van der Waals surface area (Å²) in [6, 6.07) is 0.849. The fourth-order valence-corrected chi connectivity index (χ4v) is 1.84. The zero-order valence-electron chi connectivity index (χ0n) is 10.0. The zero-order valence-corrected chi connectivity index (χ0v) is 10.0. The van der Waals surface area contributed by atoms with Gasteiger partial charge in [-0.3, -0.25) is 9.69 Å². The molecule has 1 amide bonds. The van der Waals surface area contributed by atoms with Crippen molar-refractivity contribution in [2.24, 2.45) is 0 Å². The van der Waals surface area contributed by atoms with Crippen molar-refractivity contribution in [3.63, 3.8) is 0 Å². The van der Waals surface area contributed by atoms with Crippen molar-refractivity contribution in [2.75, 3.05) is 26.7 Å². The van der Waals surface area contributed by atoms with E-state index < -0.39 is 0 Å². The van der Waals surface area contributed by atoms with Crippen LogP contribution in [0.15, 0.2) is 0 Å². The van der Waals surface area contributed by atoms with Crippen molar-refractivity contribution in [2.45, 2.75) is 38.8 Å². The summed E-state index contributed by atoms with van der Waals surface area (Å²) >= 11 is 0. The summed E-state index contributed by atoms with van der Waals surface area (Å²) in [4.78, 5) is 13.8. The van der Waals surface area contributed by atoms with E-state index in [2.05, 4.69) is 22.5 Å². The number of carbonyl (C=O) groups excluding carboxylic acids is 1. The SMILES string of the molecule is CCC(C)NC(=O)CN1CCC(NC)C1. The van der Waals surface area contributed by atoms with Crippen molar-refractivity contribution < 1.29 is 4.79 Å². The number of amides is 1. The predicted octanol–water partition coefficient (Wildman–Crippen LogP) is 0.195. The molecule has 1 aliphatic heterocycles. The molecule has 1 fully saturated rings. The molecule has 2 N–H and O–H groups in total. The van der Waals surface area contributed by atoms with E-state index in [0.717, 1.165) is 25.9 Å². The first-order valence-corrected chi connectivity index (χ1v) is 5.84. The van der Waals surface area contributed by atoms with Gasteiger partial charge in [0.25, 0.3) is 0 Å². The van der Waals surface area contributed by atoms with E-state index in [0.29, 0.717) is 18.6 Å². The van der Waals surface area contributed by atoms with Crippen LogP contribution in [0.3, 0.4) is 0 Å². The maximum Gasteiger partial charge on any atom is 0.234 e. The van der Waals surface area contributed by atoms with Crippen LogP contribution in [0.2, 0.25) is 0 Å². The number of hydrogen-bond donors (Lipinski definition) is 2. The van der Waals surface area contributed by atoms with Crippen LogP contribution in [0.4, 0.5) is 0 Å². The second-order valence-corrected chi connectivity index (χ2v) is 4.39. The molecule has 1 aliphatic rings. The van der Waals surface area contributed by atoms with Crippen molar-refractivity contribution in [3.8, 4) is 0 Å². The Morgan fingerprint density at radius 2 is 2.33 bits per heavy atom. The van der Waals surface area contributed by atoms with Gasteiger partial charge in [0.1, 0.15) is 0 Å². The lowest BCUT2D eigenvalue weighted by Crippen LogP contribution is -2.41. The average molecular weight is 213 g/mol. The molecule has 0 aromatic heterocycles. The second-order valence-electron chi connectivity index (χ2n) is 4.39. The number of hydrogen-bond acceptors (Lipinski definition) is 3. The molecule has 0 aliphatic carbocycles. The molecule has 15 heavy (non-hydrogen) atoms. The molecule has 4 heteroatoms. The zero-order chi connectivity index (χ0) is 11.3. The summed E-state index contributed by atoms with van der Waals surface area (Å²) in [5.41, 5.74) is 0. The molecule has 0 saturated carbocycles. The van der Waals surface area contributed by atoms with Gasteiger partial charge in [0.15, 0.2) is 0 Å². The third kappa shape index (κ3) is 4.18. The highest BCUT2D eigenvalue weighted by Crippen LogP contribution is 2.07. The van der Waals surface area contributed by atoms with Crippen molar-refractivity contribution >= 4 is 5.91 Å². The normalized spacial score (nSPS) is 24.1. The van der Waals surface area contributed by atoms with Gasteiger partial charge in [-0.05, 0) is 26.8 Å². The Morgan fingerprint density at radius 3 is 2.87 bits per heavy atom. The summed E-state index contributed by atoms with van der Waals surface area (Å²) in [5, 5.41) is 6.23. The molecule has 88 valence electrons.